The minimum atomic E-state index is 0.209. The quantitative estimate of drug-likeness (QED) is 0.702. The van der Waals surface area contributed by atoms with Gasteiger partial charge in [0.15, 0.2) is 0 Å². The van der Waals surface area contributed by atoms with Crippen molar-refractivity contribution in [2.75, 3.05) is 14.2 Å². The SMILES string of the molecule is CCC(C)CC(CC1(OC)CCC1)NC. The standard InChI is InChI=1S/C13H27NO/c1-5-11(2)9-12(14-3)10-13(15-4)7-6-8-13/h11-12,14H,5-10H2,1-4H3. The van der Waals surface area contributed by atoms with Crippen molar-refractivity contribution >= 4 is 0 Å². The van der Waals surface area contributed by atoms with Crippen molar-refractivity contribution in [3.8, 4) is 0 Å². The monoisotopic (exact) mass is 213 g/mol. The second kappa shape index (κ2) is 5.86. The molecule has 0 amide bonds. The van der Waals surface area contributed by atoms with Gasteiger partial charge in [0.05, 0.1) is 5.60 Å². The fourth-order valence-electron chi connectivity index (χ4n) is 2.47. The fourth-order valence-corrected chi connectivity index (χ4v) is 2.47. The van der Waals surface area contributed by atoms with Crippen LogP contribution in [0.1, 0.15) is 52.4 Å². The Balaban J connectivity index is 2.38. The third-order valence-electron chi connectivity index (χ3n) is 4.11. The molecule has 2 atom stereocenters. The van der Waals surface area contributed by atoms with Crippen molar-refractivity contribution in [2.45, 2.75) is 64.0 Å². The molecule has 1 fully saturated rings. The van der Waals surface area contributed by atoms with Crippen LogP contribution in [0, 0.1) is 5.92 Å². The molecule has 0 radical (unpaired) electrons. The maximum atomic E-state index is 5.68. The van der Waals surface area contributed by atoms with E-state index in [2.05, 4.69) is 26.2 Å². The summed E-state index contributed by atoms with van der Waals surface area (Å²) in [4.78, 5) is 0. The molecule has 1 saturated carbocycles. The summed E-state index contributed by atoms with van der Waals surface area (Å²) < 4.78 is 5.68. The zero-order valence-electron chi connectivity index (χ0n) is 10.8. The molecule has 0 spiro atoms. The van der Waals surface area contributed by atoms with E-state index in [4.69, 9.17) is 4.74 Å². The Morgan fingerprint density at radius 1 is 1.40 bits per heavy atom. The molecule has 15 heavy (non-hydrogen) atoms. The average Bonchev–Trinajstić information content (AvgIpc) is 2.21. The summed E-state index contributed by atoms with van der Waals surface area (Å²) in [6.07, 6.45) is 7.58. The van der Waals surface area contributed by atoms with Gasteiger partial charge < -0.3 is 10.1 Å². The summed E-state index contributed by atoms with van der Waals surface area (Å²) in [5.41, 5.74) is 0.209. The number of rotatable bonds is 7. The highest BCUT2D eigenvalue weighted by Crippen LogP contribution is 2.39. The Morgan fingerprint density at radius 3 is 2.40 bits per heavy atom. The predicted molar refractivity (Wildman–Crippen MR) is 65.1 cm³/mol. The molecule has 1 aliphatic rings. The lowest BCUT2D eigenvalue weighted by Gasteiger charge is -2.43. The van der Waals surface area contributed by atoms with Gasteiger partial charge in [0.2, 0.25) is 0 Å². The van der Waals surface area contributed by atoms with E-state index in [1.807, 2.05) is 7.11 Å². The molecule has 0 heterocycles. The van der Waals surface area contributed by atoms with Crippen molar-refractivity contribution < 1.29 is 4.74 Å². The van der Waals surface area contributed by atoms with Crippen LogP contribution in [0.4, 0.5) is 0 Å². The molecule has 0 saturated heterocycles. The largest absolute Gasteiger partial charge is 0.378 e. The van der Waals surface area contributed by atoms with E-state index < -0.39 is 0 Å². The summed E-state index contributed by atoms with van der Waals surface area (Å²) in [5, 5.41) is 3.45. The van der Waals surface area contributed by atoms with E-state index in [1.54, 1.807) is 0 Å². The van der Waals surface area contributed by atoms with Crippen LogP contribution in [0.3, 0.4) is 0 Å². The number of hydrogen-bond donors (Lipinski definition) is 1. The van der Waals surface area contributed by atoms with E-state index in [0.29, 0.717) is 6.04 Å². The molecule has 0 aromatic carbocycles. The molecule has 1 N–H and O–H groups in total. The lowest BCUT2D eigenvalue weighted by atomic mass is 9.74. The van der Waals surface area contributed by atoms with E-state index in [-0.39, 0.29) is 5.60 Å². The number of hydrogen-bond acceptors (Lipinski definition) is 2. The first-order valence-electron chi connectivity index (χ1n) is 6.38. The minimum Gasteiger partial charge on any atom is -0.378 e. The van der Waals surface area contributed by atoms with E-state index >= 15 is 0 Å². The molecule has 0 bridgehead atoms. The van der Waals surface area contributed by atoms with Crippen LogP contribution in [0.5, 0.6) is 0 Å². The molecule has 90 valence electrons. The van der Waals surface area contributed by atoms with Crippen LogP contribution in [0.2, 0.25) is 0 Å². The molecule has 0 aromatic heterocycles. The number of ether oxygens (including phenoxy) is 1. The first kappa shape index (κ1) is 13.0. The van der Waals surface area contributed by atoms with Gasteiger partial charge in [-0.2, -0.15) is 0 Å². The molecule has 2 unspecified atom stereocenters. The normalized spacial score (nSPS) is 23.2. The van der Waals surface area contributed by atoms with E-state index in [9.17, 15) is 0 Å². The number of methoxy groups -OCH3 is 1. The average molecular weight is 213 g/mol. The van der Waals surface area contributed by atoms with E-state index in [1.165, 1.54) is 38.5 Å². The van der Waals surface area contributed by atoms with Crippen LogP contribution in [-0.4, -0.2) is 25.8 Å². The minimum absolute atomic E-state index is 0.209. The Morgan fingerprint density at radius 2 is 2.07 bits per heavy atom. The van der Waals surface area contributed by atoms with Gasteiger partial charge in [0.25, 0.3) is 0 Å². The van der Waals surface area contributed by atoms with Crippen LogP contribution in [0.25, 0.3) is 0 Å². The topological polar surface area (TPSA) is 21.3 Å². The zero-order valence-corrected chi connectivity index (χ0v) is 10.8. The van der Waals surface area contributed by atoms with Crippen molar-refractivity contribution in [2.24, 2.45) is 5.92 Å². The van der Waals surface area contributed by atoms with Gasteiger partial charge in [0.1, 0.15) is 0 Å². The maximum absolute atomic E-state index is 5.68. The molecule has 0 aliphatic heterocycles. The lowest BCUT2D eigenvalue weighted by molar-refractivity contribution is -0.0841. The van der Waals surface area contributed by atoms with Gasteiger partial charge in [0, 0.05) is 13.2 Å². The van der Waals surface area contributed by atoms with Crippen LogP contribution < -0.4 is 5.32 Å². The molecular weight excluding hydrogens is 186 g/mol. The molecule has 2 nitrogen and oxygen atoms in total. The van der Waals surface area contributed by atoms with E-state index in [0.717, 1.165) is 5.92 Å². The van der Waals surface area contributed by atoms with Crippen LogP contribution in [-0.2, 0) is 4.74 Å². The zero-order chi connectivity index (χ0) is 11.3. The van der Waals surface area contributed by atoms with Crippen molar-refractivity contribution in [1.82, 2.24) is 5.32 Å². The highest BCUT2D eigenvalue weighted by molar-refractivity contribution is 4.93. The third kappa shape index (κ3) is 3.46. The van der Waals surface area contributed by atoms with Crippen LogP contribution >= 0.6 is 0 Å². The van der Waals surface area contributed by atoms with Crippen molar-refractivity contribution in [3.63, 3.8) is 0 Å². The Hall–Kier alpha value is -0.0800. The highest BCUT2D eigenvalue weighted by atomic mass is 16.5. The molecule has 0 aromatic rings. The highest BCUT2D eigenvalue weighted by Gasteiger charge is 2.38. The second-order valence-corrected chi connectivity index (χ2v) is 5.18. The Bertz CT molecular complexity index is 172. The maximum Gasteiger partial charge on any atom is 0.0693 e. The van der Waals surface area contributed by atoms with Gasteiger partial charge in [-0.1, -0.05) is 20.3 Å². The summed E-state index contributed by atoms with van der Waals surface area (Å²) >= 11 is 0. The summed E-state index contributed by atoms with van der Waals surface area (Å²) in [5.74, 6) is 0.816. The summed E-state index contributed by atoms with van der Waals surface area (Å²) in [6.45, 7) is 4.61. The van der Waals surface area contributed by atoms with Gasteiger partial charge in [-0.05, 0) is 45.1 Å². The first-order valence-corrected chi connectivity index (χ1v) is 6.38. The van der Waals surface area contributed by atoms with Gasteiger partial charge >= 0.3 is 0 Å². The van der Waals surface area contributed by atoms with Gasteiger partial charge in [-0.15, -0.1) is 0 Å². The fraction of sp³-hybridized carbons (Fsp3) is 1.00. The smallest absolute Gasteiger partial charge is 0.0693 e. The molecule has 2 heteroatoms. The van der Waals surface area contributed by atoms with Crippen molar-refractivity contribution in [1.29, 1.82) is 0 Å². The second-order valence-electron chi connectivity index (χ2n) is 5.18. The molecule has 1 aliphatic carbocycles. The Labute approximate surface area is 94.8 Å². The van der Waals surface area contributed by atoms with Gasteiger partial charge in [-0.3, -0.25) is 0 Å². The Kier molecular flexibility index (Phi) is 5.07. The van der Waals surface area contributed by atoms with Crippen molar-refractivity contribution in [3.05, 3.63) is 0 Å². The molecule has 1 rings (SSSR count). The number of nitrogens with one attached hydrogen (secondary N) is 1. The molecular formula is C13H27NO. The summed E-state index contributed by atoms with van der Waals surface area (Å²) in [7, 11) is 3.95. The first-order chi connectivity index (χ1) is 7.15. The summed E-state index contributed by atoms with van der Waals surface area (Å²) in [6, 6.07) is 0.625. The third-order valence-corrected chi connectivity index (χ3v) is 4.11. The predicted octanol–water partition coefficient (Wildman–Crippen LogP) is 2.97. The van der Waals surface area contributed by atoms with Gasteiger partial charge in [-0.25, -0.2) is 0 Å². The van der Waals surface area contributed by atoms with Crippen LogP contribution in [0.15, 0.2) is 0 Å². The lowest BCUT2D eigenvalue weighted by Crippen LogP contribution is -2.45.